The van der Waals surface area contributed by atoms with Gasteiger partial charge in [-0.15, -0.1) is 0 Å². The molecule has 1 aromatic heterocycles. The van der Waals surface area contributed by atoms with Crippen LogP contribution >= 0.6 is 0 Å². The van der Waals surface area contributed by atoms with Gasteiger partial charge in [0, 0.05) is 29.4 Å². The molecular formula is C28H31FN6O3S. The Morgan fingerprint density at radius 2 is 2.00 bits per heavy atom. The lowest BCUT2D eigenvalue weighted by Gasteiger charge is -2.32. The first-order valence-electron chi connectivity index (χ1n) is 12.6. The van der Waals surface area contributed by atoms with Crippen molar-refractivity contribution in [1.82, 2.24) is 15.1 Å². The third-order valence-corrected chi connectivity index (χ3v) is 7.79. The van der Waals surface area contributed by atoms with E-state index in [0.717, 1.165) is 38.8 Å². The Morgan fingerprint density at radius 3 is 2.77 bits per heavy atom. The summed E-state index contributed by atoms with van der Waals surface area (Å²) in [5.74, 6) is 0.493. The van der Waals surface area contributed by atoms with Crippen LogP contribution in [-0.4, -0.2) is 56.7 Å². The lowest BCUT2D eigenvalue weighted by Crippen LogP contribution is -2.39. The summed E-state index contributed by atoms with van der Waals surface area (Å²) in [6.45, 7) is 1.44. The number of halogens is 1. The number of ether oxygens (including phenoxy) is 1. The third kappa shape index (κ3) is 5.80. The number of nitrogens with two attached hydrogens (primary N) is 1. The molecule has 0 fully saturated rings. The summed E-state index contributed by atoms with van der Waals surface area (Å²) in [7, 11) is -1.40. The molecule has 4 N–H and O–H groups in total. The first kappa shape index (κ1) is 26.8. The molecule has 2 heterocycles. The van der Waals surface area contributed by atoms with Crippen LogP contribution in [0, 0.1) is 5.82 Å². The highest BCUT2D eigenvalue weighted by Gasteiger charge is 2.35. The van der Waals surface area contributed by atoms with Gasteiger partial charge < -0.3 is 15.4 Å². The molecule has 4 aromatic rings. The Morgan fingerprint density at radius 1 is 1.15 bits per heavy atom. The van der Waals surface area contributed by atoms with E-state index < -0.39 is 15.5 Å². The highest BCUT2D eigenvalue weighted by molar-refractivity contribution is 7.90. The molecule has 0 saturated carbocycles. The van der Waals surface area contributed by atoms with Gasteiger partial charge in [0.05, 0.1) is 37.5 Å². The van der Waals surface area contributed by atoms with Crippen molar-refractivity contribution in [2.45, 2.75) is 18.6 Å². The van der Waals surface area contributed by atoms with Crippen LogP contribution in [0.25, 0.3) is 10.9 Å². The number of aromatic nitrogens is 2. The first-order chi connectivity index (χ1) is 18.7. The van der Waals surface area contributed by atoms with Gasteiger partial charge in [-0.3, -0.25) is 10.4 Å². The molecule has 39 heavy (non-hydrogen) atoms. The van der Waals surface area contributed by atoms with Gasteiger partial charge in [-0.25, -0.2) is 17.8 Å². The molecular weight excluding hydrogens is 519 g/mol. The minimum absolute atomic E-state index is 0.0933. The van der Waals surface area contributed by atoms with Crippen LogP contribution in [0.5, 0.6) is 5.75 Å². The fraction of sp³-hybridized carbons (Fsp3) is 0.286. The minimum atomic E-state index is -3.01. The van der Waals surface area contributed by atoms with Gasteiger partial charge >= 0.3 is 0 Å². The Hall–Kier alpha value is -3.80. The molecule has 0 amide bonds. The van der Waals surface area contributed by atoms with E-state index in [0.29, 0.717) is 31.8 Å². The number of sulfone groups is 1. The number of hydrogen-bond acceptors (Lipinski definition) is 8. The molecule has 0 aliphatic carbocycles. The van der Waals surface area contributed by atoms with Gasteiger partial charge in [-0.05, 0) is 66.1 Å². The predicted molar refractivity (Wildman–Crippen MR) is 152 cm³/mol. The summed E-state index contributed by atoms with van der Waals surface area (Å²) in [6.07, 6.45) is 5.24. The predicted octanol–water partition coefficient (Wildman–Crippen LogP) is 3.02. The van der Waals surface area contributed by atoms with E-state index in [9.17, 15) is 12.8 Å². The molecule has 9 nitrogen and oxygen atoms in total. The number of methoxy groups -OCH3 is 1. The molecule has 0 bridgehead atoms. The second-order valence-corrected chi connectivity index (χ2v) is 12.0. The number of anilines is 1. The van der Waals surface area contributed by atoms with Crippen molar-refractivity contribution in [2.24, 2.45) is 10.7 Å². The van der Waals surface area contributed by atoms with Crippen molar-refractivity contribution < 1.29 is 17.5 Å². The number of nitrogens with one attached hydrogen (secondary N) is 2. The Labute approximate surface area is 226 Å². The van der Waals surface area contributed by atoms with E-state index in [1.165, 1.54) is 18.4 Å². The largest absolute Gasteiger partial charge is 0.496 e. The zero-order valence-electron chi connectivity index (χ0n) is 21.8. The monoisotopic (exact) mass is 550 g/mol. The van der Waals surface area contributed by atoms with Crippen molar-refractivity contribution in [3.8, 4) is 5.75 Å². The summed E-state index contributed by atoms with van der Waals surface area (Å²) >= 11 is 0. The van der Waals surface area contributed by atoms with E-state index in [1.807, 2.05) is 41.1 Å². The second-order valence-electron chi connectivity index (χ2n) is 9.71. The summed E-state index contributed by atoms with van der Waals surface area (Å²) in [5, 5.41) is 11.8. The molecule has 0 radical (unpaired) electrons. The Kier molecular flexibility index (Phi) is 7.39. The van der Waals surface area contributed by atoms with Gasteiger partial charge in [-0.1, -0.05) is 18.2 Å². The van der Waals surface area contributed by atoms with Gasteiger partial charge in [-0.2, -0.15) is 5.10 Å². The van der Waals surface area contributed by atoms with Crippen molar-refractivity contribution >= 4 is 32.8 Å². The highest BCUT2D eigenvalue weighted by atomic mass is 32.2. The SMILES string of the molecule is COc1cc2c(cc1CCNCCS(C)(=O)=O)NC=NC2(N)c1ccc2c(cnn2Cc2cccc(F)c2)c1. The molecule has 0 saturated heterocycles. The van der Waals surface area contributed by atoms with Crippen LogP contribution in [0.1, 0.15) is 22.3 Å². The van der Waals surface area contributed by atoms with Crippen LogP contribution in [0.2, 0.25) is 0 Å². The lowest BCUT2D eigenvalue weighted by molar-refractivity contribution is 0.407. The highest BCUT2D eigenvalue weighted by Crippen LogP contribution is 2.40. The summed E-state index contributed by atoms with van der Waals surface area (Å²) in [5.41, 5.74) is 10.9. The van der Waals surface area contributed by atoms with Crippen LogP contribution in [0.4, 0.5) is 10.1 Å². The molecule has 5 rings (SSSR count). The quantitative estimate of drug-likeness (QED) is 0.259. The Balaban J connectivity index is 1.40. The fourth-order valence-corrected chi connectivity index (χ4v) is 5.33. The number of aliphatic imine (C=N–C) groups is 1. The fourth-order valence-electron chi connectivity index (χ4n) is 4.81. The number of nitrogens with zero attached hydrogens (tertiary/aromatic N) is 3. The normalized spacial score (nSPS) is 16.7. The average molecular weight is 551 g/mol. The molecule has 3 aromatic carbocycles. The summed E-state index contributed by atoms with van der Waals surface area (Å²) < 4.78 is 43.9. The van der Waals surface area contributed by atoms with E-state index in [1.54, 1.807) is 25.7 Å². The smallest absolute Gasteiger partial charge is 0.163 e. The van der Waals surface area contributed by atoms with Crippen LogP contribution in [0.3, 0.4) is 0 Å². The maximum absolute atomic E-state index is 13.6. The van der Waals surface area contributed by atoms with Gasteiger partial charge in [0.25, 0.3) is 0 Å². The minimum Gasteiger partial charge on any atom is -0.496 e. The van der Waals surface area contributed by atoms with Crippen LogP contribution in [-0.2, 0) is 28.5 Å². The zero-order chi connectivity index (χ0) is 27.6. The molecule has 204 valence electrons. The second kappa shape index (κ2) is 10.8. The third-order valence-electron chi connectivity index (χ3n) is 6.84. The van der Waals surface area contributed by atoms with E-state index >= 15 is 0 Å². The van der Waals surface area contributed by atoms with Crippen molar-refractivity contribution in [2.75, 3.05) is 37.5 Å². The van der Waals surface area contributed by atoms with Gasteiger partial charge in [0.2, 0.25) is 0 Å². The maximum atomic E-state index is 13.6. The van der Waals surface area contributed by atoms with E-state index in [2.05, 4.69) is 20.7 Å². The number of hydrogen-bond donors (Lipinski definition) is 3. The summed E-state index contributed by atoms with van der Waals surface area (Å²) in [6, 6.07) is 16.3. The molecule has 1 aliphatic heterocycles. The van der Waals surface area contributed by atoms with E-state index in [-0.39, 0.29) is 11.6 Å². The number of benzene rings is 3. The maximum Gasteiger partial charge on any atom is 0.163 e. The topological polar surface area (TPSA) is 124 Å². The standard InChI is InChI=1S/C28H31FN6O3S/c1-38-27-15-24-25(14-20(27)8-9-31-10-11-39(2,36)37)32-18-33-28(24,30)22-6-7-26-21(13-22)16-34-35(26)17-19-4-3-5-23(29)12-19/h3-7,12-16,18,31H,8-11,17,30H2,1-2H3,(H,32,33). The average Bonchev–Trinajstić information content (AvgIpc) is 3.29. The number of fused-ring (bicyclic) bond motifs is 2. The van der Waals surface area contributed by atoms with Crippen molar-refractivity contribution in [3.63, 3.8) is 0 Å². The van der Waals surface area contributed by atoms with Crippen LogP contribution in [0.15, 0.2) is 65.8 Å². The summed E-state index contributed by atoms with van der Waals surface area (Å²) in [4.78, 5) is 4.63. The van der Waals surface area contributed by atoms with Crippen LogP contribution < -0.4 is 21.1 Å². The first-order valence-corrected chi connectivity index (χ1v) is 14.6. The molecule has 0 spiro atoms. The lowest BCUT2D eigenvalue weighted by atomic mass is 9.88. The molecule has 1 unspecified atom stereocenters. The zero-order valence-corrected chi connectivity index (χ0v) is 22.6. The molecule has 11 heteroatoms. The van der Waals surface area contributed by atoms with Gasteiger partial charge in [0.15, 0.2) is 5.66 Å². The van der Waals surface area contributed by atoms with Crippen molar-refractivity contribution in [3.05, 3.63) is 88.9 Å². The molecule has 1 aliphatic rings. The number of rotatable bonds is 10. The van der Waals surface area contributed by atoms with Gasteiger partial charge in [0.1, 0.15) is 21.4 Å². The van der Waals surface area contributed by atoms with E-state index in [4.69, 9.17) is 10.5 Å². The van der Waals surface area contributed by atoms with Crippen molar-refractivity contribution in [1.29, 1.82) is 0 Å². The Bertz CT molecular complexity index is 1650. The molecule has 1 atom stereocenters.